The van der Waals surface area contributed by atoms with Crippen LogP contribution in [0.4, 0.5) is 18.9 Å². The second kappa shape index (κ2) is 8.29. The van der Waals surface area contributed by atoms with Crippen LogP contribution in [0, 0.1) is 6.92 Å². The maximum Gasteiger partial charge on any atom is 0.416 e. The summed E-state index contributed by atoms with van der Waals surface area (Å²) < 4.78 is 64.8. The number of amides is 1. The summed E-state index contributed by atoms with van der Waals surface area (Å²) in [5.74, 6) is -0.298. The molecule has 0 saturated heterocycles. The maximum absolute atomic E-state index is 12.6. The van der Waals surface area contributed by atoms with Crippen molar-refractivity contribution < 1.29 is 31.5 Å². The van der Waals surface area contributed by atoms with Gasteiger partial charge in [-0.05, 0) is 48.4 Å². The van der Waals surface area contributed by atoms with Gasteiger partial charge >= 0.3 is 6.18 Å². The van der Waals surface area contributed by atoms with Crippen LogP contribution in [0.25, 0.3) is 0 Å². The van der Waals surface area contributed by atoms with E-state index < -0.39 is 34.4 Å². The largest absolute Gasteiger partial charge is 0.416 e. The van der Waals surface area contributed by atoms with E-state index in [1.165, 1.54) is 25.1 Å². The molecular weight excluding hydrogens is 397 g/mol. The van der Waals surface area contributed by atoms with E-state index in [9.17, 15) is 31.5 Å². The topological polar surface area (TPSA) is 95.5 Å². The lowest BCUT2D eigenvalue weighted by molar-refractivity contribution is -0.137. The van der Waals surface area contributed by atoms with Gasteiger partial charge in [-0.3, -0.25) is 4.79 Å². The van der Waals surface area contributed by atoms with Crippen molar-refractivity contribution in [1.29, 1.82) is 0 Å². The molecule has 2 aromatic rings. The molecule has 3 N–H and O–H groups in total. The zero-order valence-corrected chi connectivity index (χ0v) is 15.9. The number of anilines is 1. The quantitative estimate of drug-likeness (QED) is 0.675. The number of rotatable bonds is 6. The predicted molar refractivity (Wildman–Crippen MR) is 97.1 cm³/mol. The molecule has 0 aliphatic heterocycles. The van der Waals surface area contributed by atoms with Gasteiger partial charge in [0, 0.05) is 19.2 Å². The van der Waals surface area contributed by atoms with Crippen molar-refractivity contribution in [3.05, 3.63) is 59.2 Å². The van der Waals surface area contributed by atoms with Crippen LogP contribution in [0.2, 0.25) is 0 Å². The minimum Gasteiger partial charge on any atom is -0.387 e. The molecule has 0 aromatic heterocycles. The Morgan fingerprint density at radius 3 is 2.25 bits per heavy atom. The first-order chi connectivity index (χ1) is 12.9. The van der Waals surface area contributed by atoms with E-state index in [1.807, 2.05) is 0 Å². The molecule has 0 heterocycles. The molecule has 1 amide bonds. The van der Waals surface area contributed by atoms with Crippen LogP contribution in [0.15, 0.2) is 47.4 Å². The highest BCUT2D eigenvalue weighted by Crippen LogP contribution is 2.30. The van der Waals surface area contributed by atoms with Gasteiger partial charge in [0.2, 0.25) is 15.9 Å². The smallest absolute Gasteiger partial charge is 0.387 e. The minimum absolute atomic E-state index is 0.0405. The molecule has 0 unspecified atom stereocenters. The number of aliphatic hydroxyl groups excluding tert-OH is 1. The van der Waals surface area contributed by atoms with Gasteiger partial charge in [0.25, 0.3) is 0 Å². The minimum atomic E-state index is -4.49. The molecule has 0 bridgehead atoms. The summed E-state index contributed by atoms with van der Waals surface area (Å²) in [6.07, 6.45) is -5.82. The lowest BCUT2D eigenvalue weighted by Gasteiger charge is -2.15. The molecule has 1 atom stereocenters. The zero-order chi connectivity index (χ0) is 21.1. The number of benzene rings is 2. The molecule has 0 fully saturated rings. The maximum atomic E-state index is 12.6. The number of hydrogen-bond donors (Lipinski definition) is 3. The lowest BCUT2D eigenvalue weighted by atomic mass is 10.1. The van der Waals surface area contributed by atoms with Gasteiger partial charge in [0.05, 0.1) is 16.6 Å². The van der Waals surface area contributed by atoms with Gasteiger partial charge in [-0.25, -0.2) is 13.1 Å². The third-order valence-corrected chi connectivity index (χ3v) is 5.46. The highest BCUT2D eigenvalue weighted by molar-refractivity contribution is 7.89. The normalized spacial score (nSPS) is 13.2. The van der Waals surface area contributed by atoms with Crippen LogP contribution in [0.3, 0.4) is 0 Å². The van der Waals surface area contributed by atoms with Crippen molar-refractivity contribution >= 4 is 21.6 Å². The summed E-state index contributed by atoms with van der Waals surface area (Å²) >= 11 is 0. The van der Waals surface area contributed by atoms with Crippen LogP contribution < -0.4 is 10.0 Å². The number of hydrogen-bond acceptors (Lipinski definition) is 4. The molecule has 0 aliphatic carbocycles. The van der Waals surface area contributed by atoms with E-state index in [4.69, 9.17) is 0 Å². The fourth-order valence-corrected chi connectivity index (χ4v) is 3.77. The summed E-state index contributed by atoms with van der Waals surface area (Å²) in [6.45, 7) is 2.46. The Morgan fingerprint density at radius 1 is 1.14 bits per heavy atom. The summed E-state index contributed by atoms with van der Waals surface area (Å²) in [7, 11) is -3.97. The van der Waals surface area contributed by atoms with Crippen LogP contribution in [0.1, 0.15) is 29.7 Å². The number of aliphatic hydroxyl groups is 1. The number of aryl methyl sites for hydroxylation is 1. The van der Waals surface area contributed by atoms with Crippen molar-refractivity contribution in [2.45, 2.75) is 31.0 Å². The van der Waals surface area contributed by atoms with E-state index in [1.54, 1.807) is 6.92 Å². The Labute approximate surface area is 160 Å². The molecular formula is C18H19F3N2O4S. The summed E-state index contributed by atoms with van der Waals surface area (Å²) in [5.41, 5.74) is 0.101. The Hall–Kier alpha value is -2.43. The Morgan fingerprint density at radius 2 is 1.75 bits per heavy atom. The van der Waals surface area contributed by atoms with Crippen molar-refractivity contribution in [3.8, 4) is 0 Å². The lowest BCUT2D eigenvalue weighted by Crippen LogP contribution is -2.29. The van der Waals surface area contributed by atoms with Gasteiger partial charge in [-0.2, -0.15) is 13.2 Å². The summed E-state index contributed by atoms with van der Waals surface area (Å²) in [5, 5.41) is 12.6. The summed E-state index contributed by atoms with van der Waals surface area (Å²) in [4.78, 5) is 11.0. The van der Waals surface area contributed by atoms with Gasteiger partial charge in [-0.1, -0.05) is 12.1 Å². The van der Waals surface area contributed by atoms with E-state index >= 15 is 0 Å². The van der Waals surface area contributed by atoms with Crippen LogP contribution in [-0.2, 0) is 21.0 Å². The fraction of sp³-hybridized carbons (Fsp3) is 0.278. The number of halogens is 3. The second-order valence-electron chi connectivity index (χ2n) is 6.15. The van der Waals surface area contributed by atoms with E-state index in [0.29, 0.717) is 11.3 Å². The number of alkyl halides is 3. The third-order valence-electron chi connectivity index (χ3n) is 3.87. The third kappa shape index (κ3) is 5.54. The van der Waals surface area contributed by atoms with Crippen LogP contribution in [0.5, 0.6) is 0 Å². The monoisotopic (exact) mass is 416 g/mol. The highest BCUT2D eigenvalue weighted by Gasteiger charge is 2.30. The SMILES string of the molecule is CC(=O)Nc1ccc(S(=O)(=O)NC[C@H](O)c2ccc(C(F)(F)F)cc2)c(C)c1. The predicted octanol–water partition coefficient (Wildman–Crippen LogP) is 2.98. The molecule has 0 spiro atoms. The number of sulfonamides is 1. The van der Waals surface area contributed by atoms with Crippen molar-refractivity contribution in [3.63, 3.8) is 0 Å². The molecule has 10 heteroatoms. The van der Waals surface area contributed by atoms with E-state index in [2.05, 4.69) is 10.0 Å². The number of carbonyl (C=O) groups excluding carboxylic acids is 1. The molecule has 28 heavy (non-hydrogen) atoms. The fourth-order valence-electron chi connectivity index (χ4n) is 2.51. The standard InChI is InChI=1S/C18H19F3N2O4S/c1-11-9-15(23-12(2)24)7-8-17(11)28(26,27)22-10-16(25)13-3-5-14(6-4-13)18(19,20)21/h3-9,16,22,25H,10H2,1-2H3,(H,23,24)/t16-/m0/s1. The molecule has 0 radical (unpaired) electrons. The van der Waals surface area contributed by atoms with Crippen LogP contribution >= 0.6 is 0 Å². The first-order valence-corrected chi connectivity index (χ1v) is 9.61. The average Bonchev–Trinajstić information content (AvgIpc) is 2.58. The first kappa shape index (κ1) is 21.9. The van der Waals surface area contributed by atoms with Crippen molar-refractivity contribution in [2.75, 3.05) is 11.9 Å². The van der Waals surface area contributed by atoms with Crippen molar-refractivity contribution in [1.82, 2.24) is 4.72 Å². The molecule has 6 nitrogen and oxygen atoms in total. The van der Waals surface area contributed by atoms with Crippen LogP contribution in [-0.4, -0.2) is 26.0 Å². The molecule has 0 aliphatic rings. The summed E-state index contributed by atoms with van der Waals surface area (Å²) in [6, 6.07) is 8.05. The highest BCUT2D eigenvalue weighted by atomic mass is 32.2. The molecule has 152 valence electrons. The Bertz CT molecular complexity index is 958. The van der Waals surface area contributed by atoms with Gasteiger partial charge in [0.1, 0.15) is 0 Å². The van der Waals surface area contributed by atoms with Gasteiger partial charge < -0.3 is 10.4 Å². The van der Waals surface area contributed by atoms with E-state index in [0.717, 1.165) is 24.3 Å². The Kier molecular flexibility index (Phi) is 6.48. The molecule has 2 rings (SSSR count). The van der Waals surface area contributed by atoms with Crippen molar-refractivity contribution in [2.24, 2.45) is 0 Å². The van der Waals surface area contributed by atoms with Gasteiger partial charge in [-0.15, -0.1) is 0 Å². The Balaban J connectivity index is 2.09. The van der Waals surface area contributed by atoms with E-state index in [-0.39, 0.29) is 16.4 Å². The molecule has 0 saturated carbocycles. The second-order valence-corrected chi connectivity index (χ2v) is 7.88. The first-order valence-electron chi connectivity index (χ1n) is 8.13. The number of carbonyl (C=O) groups is 1. The number of nitrogens with one attached hydrogen (secondary N) is 2. The molecule has 2 aromatic carbocycles. The van der Waals surface area contributed by atoms with Gasteiger partial charge in [0.15, 0.2) is 0 Å². The zero-order valence-electron chi connectivity index (χ0n) is 15.0. The average molecular weight is 416 g/mol.